The highest BCUT2D eigenvalue weighted by atomic mass is 32.2. The summed E-state index contributed by atoms with van der Waals surface area (Å²) in [4.78, 5) is 0. The predicted molar refractivity (Wildman–Crippen MR) is 44.7 cm³/mol. The molecule has 1 aromatic heterocycles. The lowest BCUT2D eigenvalue weighted by atomic mass is 10.6. The number of nitrogens with zero attached hydrogens (tertiary/aromatic N) is 2. The van der Waals surface area contributed by atoms with Gasteiger partial charge in [0, 0.05) is 0 Å². The van der Waals surface area contributed by atoms with Gasteiger partial charge < -0.3 is 4.55 Å². The normalized spacial score (nSPS) is 11.9. The second-order valence-electron chi connectivity index (χ2n) is 2.81. The lowest BCUT2D eigenvalue weighted by Crippen LogP contribution is -2.33. The van der Waals surface area contributed by atoms with Crippen molar-refractivity contribution in [2.45, 2.75) is 19.2 Å². The van der Waals surface area contributed by atoms with E-state index in [-0.39, 0.29) is 0 Å². The summed E-state index contributed by atoms with van der Waals surface area (Å²) in [5.74, 6) is 0.0575. The molecule has 0 aromatic carbocycles. The molecule has 0 spiro atoms. The largest absolute Gasteiger partial charge is 0.747 e. The van der Waals surface area contributed by atoms with Crippen LogP contribution in [0.4, 0.5) is 0 Å². The molecule has 0 aliphatic carbocycles. The first-order chi connectivity index (χ1) is 5.94. The van der Waals surface area contributed by atoms with Crippen molar-refractivity contribution in [3.8, 4) is 0 Å². The van der Waals surface area contributed by atoms with Crippen molar-refractivity contribution in [3.63, 3.8) is 0 Å². The van der Waals surface area contributed by atoms with Gasteiger partial charge in [-0.25, -0.2) is 17.6 Å². The summed E-state index contributed by atoms with van der Waals surface area (Å²) in [5.41, 5.74) is 0. The maximum absolute atomic E-state index is 10.5. The highest BCUT2D eigenvalue weighted by molar-refractivity contribution is 7.84. The third-order valence-corrected chi connectivity index (χ3v) is 2.47. The Morgan fingerprint density at radius 2 is 2.23 bits per heavy atom. The van der Waals surface area contributed by atoms with Crippen LogP contribution in [0, 0.1) is 0 Å². The molecule has 1 heterocycles. The zero-order valence-electron chi connectivity index (χ0n) is 7.60. The topological polar surface area (TPSA) is 66.0 Å². The van der Waals surface area contributed by atoms with Crippen molar-refractivity contribution in [1.29, 1.82) is 0 Å². The van der Waals surface area contributed by atoms with Gasteiger partial charge in [0.2, 0.25) is 0 Å². The van der Waals surface area contributed by atoms with E-state index in [4.69, 9.17) is 0 Å². The van der Waals surface area contributed by atoms with E-state index >= 15 is 0 Å². The highest BCUT2D eigenvalue weighted by Crippen LogP contribution is 2.00. The second-order valence-corrected chi connectivity index (χ2v) is 4.22. The van der Waals surface area contributed by atoms with Gasteiger partial charge in [0.1, 0.15) is 28.3 Å². The molecule has 0 amide bonds. The number of rotatable bonds is 3. The van der Waals surface area contributed by atoms with Crippen LogP contribution in [0.2, 0.25) is 0 Å². The smallest absolute Gasteiger partial charge is 0.270 e. The van der Waals surface area contributed by atoms with Crippen LogP contribution in [0.1, 0.15) is 12.7 Å². The summed E-state index contributed by atoms with van der Waals surface area (Å²) in [6, 6.07) is 0. The van der Waals surface area contributed by atoms with Gasteiger partial charge in [-0.05, 0) is 6.92 Å². The summed E-state index contributed by atoms with van der Waals surface area (Å²) in [6.07, 6.45) is 3.48. The fourth-order valence-corrected chi connectivity index (χ4v) is 1.87. The number of hydrogen-bond donors (Lipinski definition) is 0. The Hall–Kier alpha value is -0.880. The Bertz CT molecular complexity index is 394. The van der Waals surface area contributed by atoms with Crippen molar-refractivity contribution >= 4 is 10.1 Å². The maximum Gasteiger partial charge on any atom is 0.270 e. The van der Waals surface area contributed by atoms with Crippen LogP contribution in [0.5, 0.6) is 0 Å². The number of hydrogen-bond acceptors (Lipinski definition) is 3. The Balaban J connectivity index is 3.05. The quantitative estimate of drug-likeness (QED) is 0.486. The fraction of sp³-hybridized carbons (Fsp3) is 0.571. The van der Waals surface area contributed by atoms with Crippen LogP contribution in [0.15, 0.2) is 12.4 Å². The third kappa shape index (κ3) is 2.53. The zero-order valence-corrected chi connectivity index (χ0v) is 8.41. The van der Waals surface area contributed by atoms with Gasteiger partial charge in [0.15, 0.2) is 0 Å². The molecule has 13 heavy (non-hydrogen) atoms. The van der Waals surface area contributed by atoms with Crippen LogP contribution in [-0.4, -0.2) is 17.5 Å². The first-order valence-corrected chi connectivity index (χ1v) is 5.49. The van der Waals surface area contributed by atoms with Crippen molar-refractivity contribution in [3.05, 3.63) is 18.2 Å². The average molecular weight is 204 g/mol. The van der Waals surface area contributed by atoms with E-state index in [1.807, 2.05) is 6.92 Å². The van der Waals surface area contributed by atoms with Gasteiger partial charge in [0.25, 0.3) is 5.82 Å². The van der Waals surface area contributed by atoms with Gasteiger partial charge in [-0.3, -0.25) is 0 Å². The SMILES string of the molecule is CCn1cc[n+](C)c1CS(=O)(=O)[O-]. The van der Waals surface area contributed by atoms with Crippen molar-refractivity contribution in [2.75, 3.05) is 0 Å². The standard InChI is InChI=1S/C7H12N2O3S/c1-3-9-5-4-8(2)7(9)6-13(10,11)12/h4-5H,3,6H2,1-2H3. The maximum atomic E-state index is 10.5. The van der Waals surface area contributed by atoms with E-state index < -0.39 is 15.9 Å². The molecule has 0 atom stereocenters. The molecular weight excluding hydrogens is 192 g/mol. The van der Waals surface area contributed by atoms with Gasteiger partial charge in [-0.2, -0.15) is 0 Å². The molecular formula is C7H12N2O3S. The number of aromatic nitrogens is 2. The molecule has 0 saturated heterocycles. The fourth-order valence-electron chi connectivity index (χ4n) is 1.19. The van der Waals surface area contributed by atoms with Gasteiger partial charge in [-0.15, -0.1) is 0 Å². The predicted octanol–water partition coefficient (Wildman–Crippen LogP) is -0.622. The molecule has 5 nitrogen and oxygen atoms in total. The van der Waals surface area contributed by atoms with Crippen LogP contribution in [-0.2, 0) is 29.5 Å². The second kappa shape index (κ2) is 3.47. The molecule has 0 saturated carbocycles. The summed E-state index contributed by atoms with van der Waals surface area (Å²) < 4.78 is 35.0. The molecule has 0 radical (unpaired) electrons. The van der Waals surface area contributed by atoms with E-state index in [9.17, 15) is 13.0 Å². The van der Waals surface area contributed by atoms with Gasteiger partial charge >= 0.3 is 0 Å². The minimum Gasteiger partial charge on any atom is -0.747 e. The minimum absolute atomic E-state index is 0.454. The molecule has 0 bridgehead atoms. The Labute approximate surface area is 77.4 Å². The average Bonchev–Trinajstić information content (AvgIpc) is 2.30. The molecule has 6 heteroatoms. The van der Waals surface area contributed by atoms with Crippen LogP contribution in [0.3, 0.4) is 0 Å². The Morgan fingerprint density at radius 1 is 1.62 bits per heavy atom. The summed E-state index contributed by atoms with van der Waals surface area (Å²) in [6.45, 7) is 2.55. The molecule has 0 aliphatic heterocycles. The van der Waals surface area contributed by atoms with E-state index in [1.54, 1.807) is 28.6 Å². The van der Waals surface area contributed by atoms with E-state index in [2.05, 4.69) is 0 Å². The minimum atomic E-state index is -4.19. The first-order valence-electron chi connectivity index (χ1n) is 3.91. The van der Waals surface area contributed by atoms with Crippen LogP contribution in [0.25, 0.3) is 0 Å². The molecule has 0 fully saturated rings. The molecule has 0 N–H and O–H groups in total. The number of imidazole rings is 1. The van der Waals surface area contributed by atoms with Crippen molar-refractivity contribution in [2.24, 2.45) is 7.05 Å². The Kier molecular flexibility index (Phi) is 2.72. The molecule has 1 rings (SSSR count). The molecule has 1 aromatic rings. The van der Waals surface area contributed by atoms with E-state index in [0.29, 0.717) is 12.4 Å². The lowest BCUT2D eigenvalue weighted by Gasteiger charge is -2.04. The third-order valence-electron chi connectivity index (χ3n) is 1.86. The van der Waals surface area contributed by atoms with Crippen molar-refractivity contribution in [1.82, 2.24) is 4.57 Å². The van der Waals surface area contributed by atoms with Crippen LogP contribution < -0.4 is 4.57 Å². The Morgan fingerprint density at radius 3 is 2.69 bits per heavy atom. The highest BCUT2D eigenvalue weighted by Gasteiger charge is 2.15. The summed E-state index contributed by atoms with van der Waals surface area (Å²) >= 11 is 0. The molecule has 0 unspecified atom stereocenters. The van der Waals surface area contributed by atoms with E-state index in [0.717, 1.165) is 0 Å². The zero-order chi connectivity index (χ0) is 10.1. The lowest BCUT2D eigenvalue weighted by molar-refractivity contribution is -0.677. The summed E-state index contributed by atoms with van der Waals surface area (Å²) in [7, 11) is -2.48. The molecule has 74 valence electrons. The van der Waals surface area contributed by atoms with Crippen LogP contribution >= 0.6 is 0 Å². The first kappa shape index (κ1) is 10.2. The number of aryl methyl sites for hydroxylation is 2. The van der Waals surface area contributed by atoms with Gasteiger partial charge in [0.05, 0.1) is 13.6 Å². The molecule has 0 aliphatic rings. The van der Waals surface area contributed by atoms with Gasteiger partial charge in [-0.1, -0.05) is 0 Å². The summed E-state index contributed by atoms with van der Waals surface area (Å²) in [5, 5.41) is 0. The van der Waals surface area contributed by atoms with E-state index in [1.165, 1.54) is 0 Å². The monoisotopic (exact) mass is 204 g/mol. The van der Waals surface area contributed by atoms with Crippen molar-refractivity contribution < 1.29 is 17.5 Å².